The van der Waals surface area contributed by atoms with Crippen molar-refractivity contribution in [3.05, 3.63) is 34.1 Å². The van der Waals surface area contributed by atoms with E-state index in [1.807, 2.05) is 0 Å². The maximum Gasteiger partial charge on any atom is 0.253 e. The number of benzene rings is 1. The standard InChI is InChI=1S/C14H16BrFN2O2/c1-9(14(20)18-6-2-3-7-18)17-13(19)11-8-10(16)4-5-12(11)15/h4-5,8-9H,2-3,6-7H2,1H3,(H,17,19). The van der Waals surface area contributed by atoms with Crippen molar-refractivity contribution in [2.45, 2.75) is 25.8 Å². The van der Waals surface area contributed by atoms with Gasteiger partial charge in [0.25, 0.3) is 5.91 Å². The lowest BCUT2D eigenvalue weighted by Gasteiger charge is -2.21. The summed E-state index contributed by atoms with van der Waals surface area (Å²) in [7, 11) is 0. The average molecular weight is 343 g/mol. The summed E-state index contributed by atoms with van der Waals surface area (Å²) >= 11 is 3.20. The minimum absolute atomic E-state index is 0.0941. The third kappa shape index (κ3) is 3.36. The normalized spacial score (nSPS) is 16.1. The number of carbonyl (C=O) groups excluding carboxylic acids is 2. The van der Waals surface area contributed by atoms with Crippen LogP contribution in [0.15, 0.2) is 22.7 Å². The molecule has 1 unspecified atom stereocenters. The summed E-state index contributed by atoms with van der Waals surface area (Å²) in [5.41, 5.74) is 0.186. The molecule has 0 aromatic heterocycles. The third-order valence-corrected chi connectivity index (χ3v) is 4.00. The summed E-state index contributed by atoms with van der Waals surface area (Å²) in [6, 6.07) is 3.26. The molecule has 1 atom stereocenters. The zero-order valence-corrected chi connectivity index (χ0v) is 12.7. The number of amides is 2. The van der Waals surface area contributed by atoms with E-state index in [0.29, 0.717) is 4.47 Å². The number of nitrogens with zero attached hydrogens (tertiary/aromatic N) is 1. The number of nitrogens with one attached hydrogen (secondary N) is 1. The molecule has 1 aliphatic heterocycles. The van der Waals surface area contributed by atoms with Gasteiger partial charge < -0.3 is 10.2 Å². The van der Waals surface area contributed by atoms with Crippen molar-refractivity contribution >= 4 is 27.7 Å². The van der Waals surface area contributed by atoms with Crippen molar-refractivity contribution in [2.75, 3.05) is 13.1 Å². The molecule has 0 spiro atoms. The van der Waals surface area contributed by atoms with Crippen LogP contribution in [0.5, 0.6) is 0 Å². The topological polar surface area (TPSA) is 49.4 Å². The van der Waals surface area contributed by atoms with Crippen LogP contribution in [0.25, 0.3) is 0 Å². The number of likely N-dealkylation sites (tertiary alicyclic amines) is 1. The monoisotopic (exact) mass is 342 g/mol. The summed E-state index contributed by atoms with van der Waals surface area (Å²) in [6.07, 6.45) is 2.00. The first-order valence-electron chi connectivity index (χ1n) is 6.54. The first-order valence-corrected chi connectivity index (χ1v) is 7.33. The van der Waals surface area contributed by atoms with Crippen LogP contribution in [-0.2, 0) is 4.79 Å². The second-order valence-corrected chi connectivity index (χ2v) is 5.71. The van der Waals surface area contributed by atoms with E-state index in [4.69, 9.17) is 0 Å². The maximum absolute atomic E-state index is 13.2. The fourth-order valence-corrected chi connectivity index (χ4v) is 2.65. The second kappa shape index (κ2) is 6.35. The van der Waals surface area contributed by atoms with E-state index in [0.717, 1.165) is 32.0 Å². The molecule has 2 rings (SSSR count). The molecule has 20 heavy (non-hydrogen) atoms. The number of hydrogen-bond donors (Lipinski definition) is 1. The first kappa shape index (κ1) is 15.0. The number of hydrogen-bond acceptors (Lipinski definition) is 2. The highest BCUT2D eigenvalue weighted by Gasteiger charge is 2.25. The number of carbonyl (C=O) groups is 2. The molecule has 1 aliphatic rings. The van der Waals surface area contributed by atoms with E-state index < -0.39 is 17.8 Å². The van der Waals surface area contributed by atoms with E-state index in [1.54, 1.807) is 11.8 Å². The maximum atomic E-state index is 13.2. The predicted octanol–water partition coefficient (Wildman–Crippen LogP) is 2.33. The van der Waals surface area contributed by atoms with Crippen molar-refractivity contribution in [1.29, 1.82) is 0 Å². The van der Waals surface area contributed by atoms with Gasteiger partial charge in [-0.25, -0.2) is 4.39 Å². The Morgan fingerprint density at radius 1 is 1.35 bits per heavy atom. The molecule has 0 saturated carbocycles. The second-order valence-electron chi connectivity index (χ2n) is 4.85. The van der Waals surface area contributed by atoms with Crippen molar-refractivity contribution in [3.8, 4) is 0 Å². The minimum atomic E-state index is -0.615. The molecule has 4 nitrogen and oxygen atoms in total. The number of rotatable bonds is 3. The smallest absolute Gasteiger partial charge is 0.253 e. The van der Waals surface area contributed by atoms with Gasteiger partial charge in [0, 0.05) is 17.6 Å². The Hall–Kier alpha value is -1.43. The predicted molar refractivity (Wildman–Crippen MR) is 76.8 cm³/mol. The van der Waals surface area contributed by atoms with Crippen LogP contribution in [0.1, 0.15) is 30.1 Å². The Bertz CT molecular complexity index is 530. The van der Waals surface area contributed by atoms with Gasteiger partial charge in [-0.05, 0) is 53.9 Å². The summed E-state index contributed by atoms with van der Waals surface area (Å²) in [4.78, 5) is 25.9. The Morgan fingerprint density at radius 3 is 2.65 bits per heavy atom. The lowest BCUT2D eigenvalue weighted by molar-refractivity contribution is -0.131. The molecule has 1 heterocycles. The zero-order valence-electron chi connectivity index (χ0n) is 11.2. The summed E-state index contributed by atoms with van der Waals surface area (Å²) in [6.45, 7) is 3.12. The van der Waals surface area contributed by atoms with E-state index in [2.05, 4.69) is 21.2 Å². The molecule has 1 fully saturated rings. The van der Waals surface area contributed by atoms with Crippen LogP contribution in [0.4, 0.5) is 4.39 Å². The molecular formula is C14H16BrFN2O2. The molecular weight excluding hydrogens is 327 g/mol. The van der Waals surface area contributed by atoms with Crippen molar-refractivity contribution in [3.63, 3.8) is 0 Å². The Kier molecular flexibility index (Phi) is 4.75. The zero-order chi connectivity index (χ0) is 14.7. The fraction of sp³-hybridized carbons (Fsp3) is 0.429. The highest BCUT2D eigenvalue weighted by Crippen LogP contribution is 2.18. The summed E-state index contributed by atoms with van der Waals surface area (Å²) in [5, 5.41) is 2.61. The van der Waals surface area contributed by atoms with Gasteiger partial charge in [-0.15, -0.1) is 0 Å². The van der Waals surface area contributed by atoms with Crippen LogP contribution >= 0.6 is 15.9 Å². The first-order chi connectivity index (χ1) is 9.49. The van der Waals surface area contributed by atoms with Crippen molar-refractivity contribution in [1.82, 2.24) is 10.2 Å². The van der Waals surface area contributed by atoms with Crippen LogP contribution in [0.2, 0.25) is 0 Å². The van der Waals surface area contributed by atoms with Crippen molar-refractivity contribution in [2.24, 2.45) is 0 Å². The van der Waals surface area contributed by atoms with E-state index in [9.17, 15) is 14.0 Å². The highest BCUT2D eigenvalue weighted by molar-refractivity contribution is 9.10. The molecule has 6 heteroatoms. The third-order valence-electron chi connectivity index (χ3n) is 3.31. The van der Waals surface area contributed by atoms with Crippen LogP contribution in [0.3, 0.4) is 0 Å². The quantitative estimate of drug-likeness (QED) is 0.916. The molecule has 1 aromatic carbocycles. The van der Waals surface area contributed by atoms with Gasteiger partial charge in [0.15, 0.2) is 0 Å². The largest absolute Gasteiger partial charge is 0.341 e. The summed E-state index contributed by atoms with van der Waals surface area (Å²) in [5.74, 6) is -1.04. The van der Waals surface area contributed by atoms with E-state index >= 15 is 0 Å². The number of halogens is 2. The molecule has 2 amide bonds. The minimum Gasteiger partial charge on any atom is -0.341 e. The Morgan fingerprint density at radius 2 is 2.00 bits per heavy atom. The van der Waals surface area contributed by atoms with Gasteiger partial charge in [0.1, 0.15) is 11.9 Å². The lowest BCUT2D eigenvalue weighted by atomic mass is 10.2. The highest BCUT2D eigenvalue weighted by atomic mass is 79.9. The fourth-order valence-electron chi connectivity index (χ4n) is 2.22. The van der Waals surface area contributed by atoms with Gasteiger partial charge in [-0.1, -0.05) is 0 Å². The van der Waals surface area contributed by atoms with Gasteiger partial charge >= 0.3 is 0 Å². The van der Waals surface area contributed by atoms with Crippen LogP contribution < -0.4 is 5.32 Å². The molecule has 1 saturated heterocycles. The molecule has 0 aliphatic carbocycles. The van der Waals surface area contributed by atoms with Gasteiger partial charge in [0.05, 0.1) is 5.56 Å². The van der Waals surface area contributed by atoms with Crippen LogP contribution in [-0.4, -0.2) is 35.8 Å². The van der Waals surface area contributed by atoms with E-state index in [1.165, 1.54) is 12.1 Å². The molecule has 1 N–H and O–H groups in total. The molecule has 0 bridgehead atoms. The molecule has 108 valence electrons. The average Bonchev–Trinajstić information content (AvgIpc) is 2.94. The van der Waals surface area contributed by atoms with Crippen molar-refractivity contribution < 1.29 is 14.0 Å². The molecule has 1 aromatic rings. The van der Waals surface area contributed by atoms with Gasteiger partial charge in [0.2, 0.25) is 5.91 Å². The Balaban J connectivity index is 2.03. The Labute approximate surface area is 125 Å². The van der Waals surface area contributed by atoms with Crippen LogP contribution in [0, 0.1) is 5.82 Å². The van der Waals surface area contributed by atoms with E-state index in [-0.39, 0.29) is 11.5 Å². The lowest BCUT2D eigenvalue weighted by Crippen LogP contribution is -2.46. The molecule has 0 radical (unpaired) electrons. The SMILES string of the molecule is CC(NC(=O)c1cc(F)ccc1Br)C(=O)N1CCCC1. The van der Waals surface area contributed by atoms with Gasteiger partial charge in [-0.2, -0.15) is 0 Å². The summed E-state index contributed by atoms with van der Waals surface area (Å²) < 4.78 is 13.7. The van der Waals surface area contributed by atoms with Gasteiger partial charge in [-0.3, -0.25) is 9.59 Å².